The Morgan fingerprint density at radius 3 is 2.76 bits per heavy atom. The maximum absolute atomic E-state index is 13.3. The van der Waals surface area contributed by atoms with E-state index >= 15 is 0 Å². The first-order valence-corrected chi connectivity index (χ1v) is 11.6. The number of nitrogens with one attached hydrogen (secondary N) is 1. The Morgan fingerprint density at radius 2 is 2.00 bits per heavy atom. The van der Waals surface area contributed by atoms with Crippen LogP contribution in [0.2, 0.25) is 0 Å². The van der Waals surface area contributed by atoms with E-state index in [0.717, 1.165) is 29.5 Å². The Labute approximate surface area is 194 Å². The lowest BCUT2D eigenvalue weighted by atomic mass is 10.0. The first-order chi connectivity index (χ1) is 16.0. The van der Waals surface area contributed by atoms with Crippen molar-refractivity contribution >= 4 is 11.8 Å². The van der Waals surface area contributed by atoms with Crippen molar-refractivity contribution in [3.8, 4) is 11.3 Å². The number of carbonyl (C=O) groups is 2. The van der Waals surface area contributed by atoms with Crippen molar-refractivity contribution in [3.63, 3.8) is 0 Å². The van der Waals surface area contributed by atoms with Gasteiger partial charge in [0, 0.05) is 50.8 Å². The second-order valence-corrected chi connectivity index (χ2v) is 8.67. The number of hydrogen-bond acceptors (Lipinski definition) is 7. The van der Waals surface area contributed by atoms with E-state index in [1.165, 1.54) is 0 Å². The van der Waals surface area contributed by atoms with E-state index in [1.54, 1.807) is 11.0 Å². The quantitative estimate of drug-likeness (QED) is 0.651. The molecule has 178 valence electrons. The van der Waals surface area contributed by atoms with Crippen LogP contribution in [0.25, 0.3) is 11.3 Å². The molecule has 9 nitrogen and oxygen atoms in total. The van der Waals surface area contributed by atoms with Gasteiger partial charge in [-0.2, -0.15) is 0 Å². The number of aryl methyl sites for hydroxylation is 2. The molecule has 1 N–H and O–H groups in total. The van der Waals surface area contributed by atoms with E-state index in [0.29, 0.717) is 45.2 Å². The van der Waals surface area contributed by atoms with Gasteiger partial charge in [0.15, 0.2) is 11.5 Å². The Bertz CT molecular complexity index is 964. The van der Waals surface area contributed by atoms with E-state index < -0.39 is 0 Å². The molecule has 2 aromatic rings. The van der Waals surface area contributed by atoms with Gasteiger partial charge in [0.1, 0.15) is 0 Å². The van der Waals surface area contributed by atoms with Crippen LogP contribution in [0.5, 0.6) is 0 Å². The number of nitrogens with zero attached hydrogens (tertiary/aromatic N) is 3. The average molecular weight is 457 g/mol. The maximum Gasteiger partial charge on any atom is 0.276 e. The molecule has 2 amide bonds. The molecule has 2 saturated heterocycles. The topological polar surface area (TPSA) is 97.1 Å². The van der Waals surface area contributed by atoms with Crippen LogP contribution in [0.4, 0.5) is 0 Å². The fourth-order valence-corrected chi connectivity index (χ4v) is 4.12. The molecule has 0 spiro atoms. The third-order valence-electron chi connectivity index (χ3n) is 6.03. The highest BCUT2D eigenvalue weighted by Crippen LogP contribution is 2.26. The Kier molecular flexibility index (Phi) is 7.74. The normalized spacial score (nSPS) is 18.9. The Morgan fingerprint density at radius 1 is 1.18 bits per heavy atom. The number of amides is 2. The van der Waals surface area contributed by atoms with Gasteiger partial charge in [-0.1, -0.05) is 22.9 Å². The molecule has 1 atom stereocenters. The number of carbonyl (C=O) groups excluding carboxylic acids is 2. The molecule has 0 saturated carbocycles. The predicted octanol–water partition coefficient (Wildman–Crippen LogP) is 2.33. The second kappa shape index (κ2) is 10.9. The molecule has 1 unspecified atom stereocenters. The lowest BCUT2D eigenvalue weighted by Gasteiger charge is -2.28. The summed E-state index contributed by atoms with van der Waals surface area (Å²) in [5.74, 6) is 0.171. The molecule has 0 bridgehead atoms. The van der Waals surface area contributed by atoms with Crippen molar-refractivity contribution in [2.24, 2.45) is 0 Å². The lowest BCUT2D eigenvalue weighted by molar-refractivity contribution is -0.128. The largest absolute Gasteiger partial charge is 0.379 e. The van der Waals surface area contributed by atoms with Crippen LogP contribution in [0.3, 0.4) is 0 Å². The predicted molar refractivity (Wildman–Crippen MR) is 121 cm³/mol. The van der Waals surface area contributed by atoms with Crippen molar-refractivity contribution in [1.82, 2.24) is 20.5 Å². The number of aromatic nitrogens is 1. The monoisotopic (exact) mass is 456 g/mol. The van der Waals surface area contributed by atoms with Gasteiger partial charge in [-0.05, 0) is 38.3 Å². The summed E-state index contributed by atoms with van der Waals surface area (Å²) in [6.45, 7) is 7.92. The summed E-state index contributed by atoms with van der Waals surface area (Å²) in [5.41, 5.74) is 6.19. The zero-order chi connectivity index (χ0) is 23.2. The van der Waals surface area contributed by atoms with Gasteiger partial charge in [0.05, 0.1) is 19.3 Å². The summed E-state index contributed by atoms with van der Waals surface area (Å²) < 4.78 is 16.6. The molecule has 1 aromatic heterocycles. The van der Waals surface area contributed by atoms with Crippen LogP contribution in [0, 0.1) is 13.8 Å². The first-order valence-electron chi connectivity index (χ1n) is 11.6. The molecule has 33 heavy (non-hydrogen) atoms. The molecule has 2 fully saturated rings. The zero-order valence-corrected chi connectivity index (χ0v) is 19.3. The van der Waals surface area contributed by atoms with Crippen molar-refractivity contribution < 1.29 is 23.6 Å². The van der Waals surface area contributed by atoms with Crippen LogP contribution in [0.15, 0.2) is 28.8 Å². The van der Waals surface area contributed by atoms with Gasteiger partial charge in [-0.25, -0.2) is 5.01 Å². The summed E-state index contributed by atoms with van der Waals surface area (Å²) in [4.78, 5) is 27.4. The van der Waals surface area contributed by atoms with E-state index in [2.05, 4.69) is 10.6 Å². The van der Waals surface area contributed by atoms with Crippen LogP contribution in [0.1, 0.15) is 40.9 Å². The first kappa shape index (κ1) is 23.4. The third kappa shape index (κ3) is 6.19. The van der Waals surface area contributed by atoms with Gasteiger partial charge >= 0.3 is 0 Å². The fraction of sp³-hybridized carbons (Fsp3) is 0.542. The minimum absolute atomic E-state index is 0.0263. The molecule has 1 aromatic carbocycles. The number of morpholine rings is 1. The fourth-order valence-electron chi connectivity index (χ4n) is 4.12. The smallest absolute Gasteiger partial charge is 0.276 e. The number of ether oxygens (including phenoxy) is 2. The third-order valence-corrected chi connectivity index (χ3v) is 6.03. The van der Waals surface area contributed by atoms with Crippen LogP contribution >= 0.6 is 0 Å². The molecular weight excluding hydrogens is 424 g/mol. The summed E-state index contributed by atoms with van der Waals surface area (Å²) in [6, 6.07) is 7.75. The number of rotatable bonds is 8. The van der Waals surface area contributed by atoms with Crippen molar-refractivity contribution in [1.29, 1.82) is 0 Å². The highest BCUT2D eigenvalue weighted by Gasteiger charge is 2.26. The molecule has 0 aliphatic carbocycles. The number of hydrazine groups is 1. The lowest BCUT2D eigenvalue weighted by Crippen LogP contribution is -2.49. The molecule has 2 aliphatic rings. The maximum atomic E-state index is 13.3. The molecule has 3 heterocycles. The molecule has 0 radical (unpaired) electrons. The second-order valence-electron chi connectivity index (χ2n) is 8.67. The Balaban J connectivity index is 1.43. The van der Waals surface area contributed by atoms with E-state index in [1.807, 2.05) is 37.1 Å². The molecule has 2 aliphatic heterocycles. The van der Waals surface area contributed by atoms with Gasteiger partial charge in [0.25, 0.3) is 5.91 Å². The van der Waals surface area contributed by atoms with E-state index in [-0.39, 0.29) is 36.6 Å². The van der Waals surface area contributed by atoms with Crippen molar-refractivity contribution in [2.75, 3.05) is 46.0 Å². The molecule has 9 heteroatoms. The zero-order valence-electron chi connectivity index (χ0n) is 19.3. The van der Waals surface area contributed by atoms with Crippen LogP contribution < -0.4 is 5.43 Å². The number of benzene rings is 1. The standard InChI is InChI=1S/C24H32N4O5/c1-17-5-6-18(2)20(14-17)22-15-21(26-33-22)24(30)27(16-19-4-3-11-32-19)8-7-23(29)25-28-9-12-31-13-10-28/h5-6,14-15,19H,3-4,7-13,16H2,1-2H3,(H,25,29). The summed E-state index contributed by atoms with van der Waals surface area (Å²) in [6.07, 6.45) is 2.04. The SMILES string of the molecule is Cc1ccc(C)c(-c2cc(C(=O)N(CCC(=O)NN3CCOCC3)CC3CCCO3)no2)c1. The summed E-state index contributed by atoms with van der Waals surface area (Å²) >= 11 is 0. The van der Waals surface area contributed by atoms with E-state index in [4.69, 9.17) is 14.0 Å². The summed E-state index contributed by atoms with van der Waals surface area (Å²) in [7, 11) is 0. The van der Waals surface area contributed by atoms with Crippen LogP contribution in [-0.4, -0.2) is 79.0 Å². The van der Waals surface area contributed by atoms with Gasteiger partial charge < -0.3 is 18.9 Å². The highest BCUT2D eigenvalue weighted by atomic mass is 16.5. The minimum atomic E-state index is -0.259. The van der Waals surface area contributed by atoms with Gasteiger partial charge in [-0.15, -0.1) is 0 Å². The van der Waals surface area contributed by atoms with Crippen molar-refractivity contribution in [3.05, 3.63) is 41.1 Å². The van der Waals surface area contributed by atoms with Crippen LogP contribution in [-0.2, 0) is 14.3 Å². The van der Waals surface area contributed by atoms with E-state index in [9.17, 15) is 9.59 Å². The highest BCUT2D eigenvalue weighted by molar-refractivity contribution is 5.93. The van der Waals surface area contributed by atoms with Gasteiger partial charge in [-0.3, -0.25) is 15.0 Å². The molecule has 4 rings (SSSR count). The Hall–Kier alpha value is -2.75. The number of hydrogen-bond donors (Lipinski definition) is 1. The minimum Gasteiger partial charge on any atom is -0.379 e. The summed E-state index contributed by atoms with van der Waals surface area (Å²) in [5, 5.41) is 5.90. The molecular formula is C24H32N4O5. The average Bonchev–Trinajstić information content (AvgIpc) is 3.51. The van der Waals surface area contributed by atoms with Gasteiger partial charge in [0.2, 0.25) is 5.91 Å². The van der Waals surface area contributed by atoms with Crippen molar-refractivity contribution in [2.45, 2.75) is 39.2 Å².